The summed E-state index contributed by atoms with van der Waals surface area (Å²) in [7, 11) is 2.25. The number of aromatic amines is 1. The summed E-state index contributed by atoms with van der Waals surface area (Å²) < 4.78 is 0. The smallest absolute Gasteiger partial charge is 0.0535 e. The van der Waals surface area contributed by atoms with Crippen molar-refractivity contribution in [3.63, 3.8) is 0 Å². The molecule has 4 heteroatoms. The lowest BCUT2D eigenvalue weighted by Gasteiger charge is -2.39. The van der Waals surface area contributed by atoms with Gasteiger partial charge < -0.3 is 5.32 Å². The summed E-state index contributed by atoms with van der Waals surface area (Å²) >= 11 is 0. The van der Waals surface area contributed by atoms with Crippen LogP contribution in [-0.2, 0) is 6.54 Å². The van der Waals surface area contributed by atoms with Crippen LogP contribution >= 0.6 is 0 Å². The lowest BCUT2D eigenvalue weighted by Crippen LogP contribution is -2.40. The highest BCUT2D eigenvalue weighted by atomic mass is 15.1. The van der Waals surface area contributed by atoms with Crippen molar-refractivity contribution in [3.05, 3.63) is 53.3 Å². The van der Waals surface area contributed by atoms with Crippen LogP contribution in [0.1, 0.15) is 35.7 Å². The van der Waals surface area contributed by atoms with Crippen molar-refractivity contribution in [2.24, 2.45) is 5.92 Å². The van der Waals surface area contributed by atoms with Crippen LogP contribution in [0.4, 0.5) is 0 Å². The molecule has 1 fully saturated rings. The van der Waals surface area contributed by atoms with Crippen molar-refractivity contribution >= 4 is 0 Å². The fourth-order valence-electron chi connectivity index (χ4n) is 3.60. The second kappa shape index (κ2) is 7.07. The molecule has 1 aliphatic rings. The first-order chi connectivity index (χ1) is 10.8. The first-order valence-corrected chi connectivity index (χ1v) is 8.20. The Morgan fingerprint density at radius 1 is 1.32 bits per heavy atom. The minimum atomic E-state index is 0.521. The number of nitrogens with zero attached hydrogens (tertiary/aromatic N) is 2. The summed E-state index contributed by atoms with van der Waals surface area (Å²) in [6, 6.07) is 11.4. The van der Waals surface area contributed by atoms with E-state index in [0.717, 1.165) is 18.8 Å². The molecular formula is C18H26N4. The molecule has 3 rings (SSSR count). The van der Waals surface area contributed by atoms with Gasteiger partial charge in [-0.2, -0.15) is 5.10 Å². The van der Waals surface area contributed by atoms with Crippen LogP contribution in [0.3, 0.4) is 0 Å². The van der Waals surface area contributed by atoms with E-state index in [4.69, 9.17) is 0 Å². The first kappa shape index (κ1) is 15.3. The molecule has 1 aromatic carbocycles. The number of benzene rings is 1. The molecule has 22 heavy (non-hydrogen) atoms. The van der Waals surface area contributed by atoms with E-state index in [1.807, 2.05) is 6.20 Å². The number of H-pyrrole nitrogens is 1. The Morgan fingerprint density at radius 3 is 2.86 bits per heavy atom. The molecule has 0 bridgehead atoms. The average Bonchev–Trinajstić information content (AvgIpc) is 2.94. The second-order valence-corrected chi connectivity index (χ2v) is 6.39. The molecular weight excluding hydrogens is 272 g/mol. The maximum Gasteiger partial charge on any atom is 0.0535 e. The van der Waals surface area contributed by atoms with Gasteiger partial charge in [-0.25, -0.2) is 0 Å². The largest absolute Gasteiger partial charge is 0.312 e. The van der Waals surface area contributed by atoms with E-state index in [1.54, 1.807) is 0 Å². The van der Waals surface area contributed by atoms with Gasteiger partial charge in [0.1, 0.15) is 0 Å². The molecule has 0 unspecified atom stereocenters. The molecule has 0 radical (unpaired) electrons. The Morgan fingerprint density at radius 2 is 2.14 bits per heavy atom. The number of aromatic nitrogens is 2. The summed E-state index contributed by atoms with van der Waals surface area (Å²) in [5, 5.41) is 10.7. The third-order valence-corrected chi connectivity index (χ3v) is 4.80. The van der Waals surface area contributed by atoms with Gasteiger partial charge in [0.2, 0.25) is 0 Å². The standard InChI is InChI=1S/C18H26N4/c1-14-17(13-20-21-14)12-19-11-16-9-6-10-22(2)18(16)15-7-4-3-5-8-15/h3-5,7-8,13,16,18-19H,6,9-12H2,1-2H3,(H,20,21)/t16-,18-/m1/s1. The van der Waals surface area contributed by atoms with E-state index < -0.39 is 0 Å². The number of piperidine rings is 1. The highest BCUT2D eigenvalue weighted by molar-refractivity contribution is 5.20. The predicted octanol–water partition coefficient (Wildman–Crippen LogP) is 2.89. The first-order valence-electron chi connectivity index (χ1n) is 8.20. The van der Waals surface area contributed by atoms with Crippen molar-refractivity contribution in [1.29, 1.82) is 0 Å². The zero-order valence-corrected chi connectivity index (χ0v) is 13.5. The maximum atomic E-state index is 4.09. The zero-order chi connectivity index (χ0) is 15.4. The molecule has 0 amide bonds. The Balaban J connectivity index is 1.64. The van der Waals surface area contributed by atoms with E-state index in [1.165, 1.54) is 30.5 Å². The molecule has 2 heterocycles. The molecule has 0 spiro atoms. The molecule has 0 saturated carbocycles. The van der Waals surface area contributed by atoms with Crippen LogP contribution in [0.15, 0.2) is 36.5 Å². The zero-order valence-electron chi connectivity index (χ0n) is 13.5. The van der Waals surface area contributed by atoms with Crippen LogP contribution in [0.25, 0.3) is 0 Å². The number of aryl methyl sites for hydroxylation is 1. The average molecular weight is 298 g/mol. The normalized spacial score (nSPS) is 22.8. The van der Waals surface area contributed by atoms with Crippen molar-refractivity contribution in [3.8, 4) is 0 Å². The number of hydrogen-bond donors (Lipinski definition) is 2. The molecule has 4 nitrogen and oxygen atoms in total. The Labute approximate surface area is 132 Å². The maximum absolute atomic E-state index is 4.09. The van der Waals surface area contributed by atoms with Crippen LogP contribution in [-0.4, -0.2) is 35.2 Å². The van der Waals surface area contributed by atoms with Gasteiger partial charge >= 0.3 is 0 Å². The number of rotatable bonds is 5. The van der Waals surface area contributed by atoms with Crippen LogP contribution < -0.4 is 5.32 Å². The predicted molar refractivity (Wildman–Crippen MR) is 89.6 cm³/mol. The van der Waals surface area contributed by atoms with Crippen molar-refractivity contribution in [1.82, 2.24) is 20.4 Å². The Bertz CT molecular complexity index is 578. The molecule has 1 aromatic heterocycles. The molecule has 2 atom stereocenters. The molecule has 0 aliphatic carbocycles. The van der Waals surface area contributed by atoms with E-state index in [9.17, 15) is 0 Å². The minimum absolute atomic E-state index is 0.521. The fourth-order valence-corrected chi connectivity index (χ4v) is 3.60. The molecule has 1 saturated heterocycles. The van der Waals surface area contributed by atoms with Gasteiger partial charge in [-0.05, 0) is 44.8 Å². The van der Waals surface area contributed by atoms with E-state index >= 15 is 0 Å². The number of likely N-dealkylation sites (tertiary alicyclic amines) is 1. The van der Waals surface area contributed by atoms with Gasteiger partial charge in [0.25, 0.3) is 0 Å². The second-order valence-electron chi connectivity index (χ2n) is 6.39. The third kappa shape index (κ3) is 3.39. The lowest BCUT2D eigenvalue weighted by molar-refractivity contribution is 0.119. The fraction of sp³-hybridized carbons (Fsp3) is 0.500. The van der Waals surface area contributed by atoms with Crippen LogP contribution in [0, 0.1) is 12.8 Å². The van der Waals surface area contributed by atoms with Gasteiger partial charge in [0.05, 0.1) is 6.20 Å². The van der Waals surface area contributed by atoms with Gasteiger partial charge in [-0.1, -0.05) is 30.3 Å². The van der Waals surface area contributed by atoms with Crippen molar-refractivity contribution < 1.29 is 0 Å². The minimum Gasteiger partial charge on any atom is -0.312 e. The van der Waals surface area contributed by atoms with E-state index in [2.05, 4.69) is 64.7 Å². The van der Waals surface area contributed by atoms with Crippen LogP contribution in [0.5, 0.6) is 0 Å². The summed E-state index contributed by atoms with van der Waals surface area (Å²) in [5.41, 5.74) is 3.87. The lowest BCUT2D eigenvalue weighted by atomic mass is 9.85. The monoisotopic (exact) mass is 298 g/mol. The Hall–Kier alpha value is -1.65. The summed E-state index contributed by atoms with van der Waals surface area (Å²) in [5.74, 6) is 0.661. The number of nitrogens with one attached hydrogen (secondary N) is 2. The van der Waals surface area contributed by atoms with Gasteiger partial charge in [0, 0.05) is 30.4 Å². The molecule has 118 valence electrons. The number of hydrogen-bond acceptors (Lipinski definition) is 3. The summed E-state index contributed by atoms with van der Waals surface area (Å²) in [6.45, 7) is 5.21. The van der Waals surface area contributed by atoms with Gasteiger partial charge in [-0.3, -0.25) is 10.00 Å². The van der Waals surface area contributed by atoms with Gasteiger partial charge in [0.15, 0.2) is 0 Å². The third-order valence-electron chi connectivity index (χ3n) is 4.80. The molecule has 2 N–H and O–H groups in total. The summed E-state index contributed by atoms with van der Waals surface area (Å²) in [4.78, 5) is 2.51. The highest BCUT2D eigenvalue weighted by Gasteiger charge is 2.29. The molecule has 1 aliphatic heterocycles. The van der Waals surface area contributed by atoms with Crippen molar-refractivity contribution in [2.45, 2.75) is 32.4 Å². The summed E-state index contributed by atoms with van der Waals surface area (Å²) in [6.07, 6.45) is 4.50. The Kier molecular flexibility index (Phi) is 4.90. The highest BCUT2D eigenvalue weighted by Crippen LogP contribution is 2.34. The van der Waals surface area contributed by atoms with E-state index in [-0.39, 0.29) is 0 Å². The van der Waals surface area contributed by atoms with Crippen molar-refractivity contribution in [2.75, 3.05) is 20.1 Å². The quantitative estimate of drug-likeness (QED) is 0.892. The van der Waals surface area contributed by atoms with Gasteiger partial charge in [-0.15, -0.1) is 0 Å². The van der Waals surface area contributed by atoms with Crippen LogP contribution in [0.2, 0.25) is 0 Å². The SMILES string of the molecule is Cc1[nH]ncc1CNC[C@H]1CCCN(C)[C@@H]1c1ccccc1. The molecule has 2 aromatic rings. The van der Waals surface area contributed by atoms with E-state index in [0.29, 0.717) is 12.0 Å². The topological polar surface area (TPSA) is 44.0 Å².